The third-order valence-corrected chi connectivity index (χ3v) is 13.5. The molecule has 0 bridgehead atoms. The highest BCUT2D eigenvalue weighted by Crippen LogP contribution is 2.26. The minimum atomic E-state index is -1.92. The number of hydrogen-bond acceptors (Lipinski definition) is 11. The summed E-state index contributed by atoms with van der Waals surface area (Å²) in [5.41, 5.74) is 0. The highest BCUT2D eigenvalue weighted by molar-refractivity contribution is 5.74. The van der Waals surface area contributed by atoms with Crippen LogP contribution in [0.25, 0.3) is 0 Å². The molecule has 77 heavy (non-hydrogen) atoms. The first kappa shape index (κ1) is 70.9. The van der Waals surface area contributed by atoms with E-state index in [-0.39, 0.29) is 25.9 Å². The fourth-order valence-corrected chi connectivity index (χ4v) is 8.84. The minimum absolute atomic E-state index is 0.0266. The van der Waals surface area contributed by atoms with Gasteiger partial charge in [0.25, 0.3) is 0 Å². The van der Waals surface area contributed by atoms with Crippen molar-refractivity contribution in [3.8, 4) is 0 Å². The van der Waals surface area contributed by atoms with Crippen molar-refractivity contribution in [2.45, 2.75) is 289 Å². The molecule has 3 N–H and O–H groups in total. The van der Waals surface area contributed by atoms with Gasteiger partial charge < -0.3 is 39.0 Å². The van der Waals surface area contributed by atoms with Gasteiger partial charge in [-0.1, -0.05) is 228 Å². The van der Waals surface area contributed by atoms with E-state index in [1.165, 1.54) is 83.5 Å². The number of allylic oxidation sites excluding steroid dienone is 14. The van der Waals surface area contributed by atoms with Crippen LogP contribution in [-0.4, -0.2) is 89.2 Å². The Kier molecular flexibility index (Phi) is 48.4. The molecular weight excluding hydrogens is 973 g/mol. The Balaban J connectivity index is 2.69. The van der Waals surface area contributed by atoms with E-state index >= 15 is 0 Å². The van der Waals surface area contributed by atoms with Crippen molar-refractivity contribution in [3.05, 3.63) is 85.1 Å². The van der Waals surface area contributed by atoms with Gasteiger partial charge in [0.05, 0.1) is 6.61 Å². The molecule has 6 atom stereocenters. The molecule has 1 heterocycles. The normalized spacial score (nSPS) is 18.6. The van der Waals surface area contributed by atoms with Crippen molar-refractivity contribution in [1.29, 1.82) is 0 Å². The van der Waals surface area contributed by atoms with Gasteiger partial charge in [-0.15, -0.1) is 0 Å². The van der Waals surface area contributed by atoms with Gasteiger partial charge in [-0.25, -0.2) is 4.79 Å². The summed E-state index contributed by atoms with van der Waals surface area (Å²) in [6.45, 7) is 5.74. The molecule has 0 amide bonds. The smallest absolute Gasteiger partial charge is 0.335 e. The Morgan fingerprint density at radius 3 is 1.26 bits per heavy atom. The molecule has 1 aliphatic rings. The Bertz CT molecular complexity index is 1660. The lowest BCUT2D eigenvalue weighted by atomic mass is 9.98. The molecule has 1 saturated heterocycles. The number of esters is 3. The first-order valence-electron chi connectivity index (χ1n) is 30.6. The maximum Gasteiger partial charge on any atom is 0.335 e. The van der Waals surface area contributed by atoms with Gasteiger partial charge in [0.15, 0.2) is 24.6 Å². The highest BCUT2D eigenvalue weighted by atomic mass is 16.7. The lowest BCUT2D eigenvalue weighted by molar-refractivity contribution is -0.301. The van der Waals surface area contributed by atoms with Crippen molar-refractivity contribution >= 4 is 23.9 Å². The van der Waals surface area contributed by atoms with E-state index in [1.54, 1.807) is 0 Å². The molecule has 12 nitrogen and oxygen atoms in total. The summed E-state index contributed by atoms with van der Waals surface area (Å²) in [7, 11) is 0. The van der Waals surface area contributed by atoms with Crippen LogP contribution in [0.4, 0.5) is 0 Å². The first-order valence-corrected chi connectivity index (χ1v) is 30.6. The molecule has 0 saturated carbocycles. The molecule has 440 valence electrons. The van der Waals surface area contributed by atoms with E-state index in [0.29, 0.717) is 19.3 Å². The lowest BCUT2D eigenvalue weighted by Crippen LogP contribution is -2.61. The maximum absolute atomic E-state index is 13.1. The zero-order valence-corrected chi connectivity index (χ0v) is 48.4. The predicted octanol–water partition coefficient (Wildman–Crippen LogP) is 15.9. The third kappa shape index (κ3) is 42.5. The quantitative estimate of drug-likeness (QED) is 0.0228. The number of hydrogen-bond donors (Lipinski definition) is 3. The van der Waals surface area contributed by atoms with Crippen molar-refractivity contribution in [2.24, 2.45) is 0 Å². The zero-order valence-electron chi connectivity index (χ0n) is 48.4. The number of unbranched alkanes of at least 4 members (excludes halogenated alkanes) is 23. The largest absolute Gasteiger partial charge is 0.479 e. The molecule has 0 spiro atoms. The van der Waals surface area contributed by atoms with Gasteiger partial charge in [0.2, 0.25) is 0 Å². The summed E-state index contributed by atoms with van der Waals surface area (Å²) in [6, 6.07) is 0. The second-order valence-electron chi connectivity index (χ2n) is 20.6. The number of aliphatic hydroxyl groups is 2. The van der Waals surface area contributed by atoms with Gasteiger partial charge in [0, 0.05) is 19.3 Å². The standard InChI is InChI=1S/C65H108O12/c1-4-7-10-13-16-19-22-25-27-29-31-34-36-39-42-45-48-51-57(66)73-54-56(75-58(67)52-49-46-43-40-37-33-24-21-18-15-12-9-6-3)55-74-65-63(61(70)60(69)62(77-65)64(71)72)76-59(68)53-50-47-44-41-38-35-32-30-28-26-23-20-17-14-11-8-5-2/h8-9,11-12,17-18,20-21,26,28,32-33,35,37,56,60-63,65,69-70H,4-7,10,13-16,19,22-25,27,29-31,34,36,38-55H2,1-3H3,(H,71,72)/b11-8-,12-9-,20-17-,21-18-,28-26-,35-32-,37-33-. The van der Waals surface area contributed by atoms with E-state index < -0.39 is 67.3 Å². The fraction of sp³-hybridized carbons (Fsp3) is 0.723. The van der Waals surface area contributed by atoms with Crippen molar-refractivity contribution < 1.29 is 58.2 Å². The summed E-state index contributed by atoms with van der Waals surface area (Å²) in [6.07, 6.45) is 55.5. The molecule has 6 unspecified atom stereocenters. The van der Waals surface area contributed by atoms with Crippen LogP contribution in [0.2, 0.25) is 0 Å². The number of carboxylic acids is 1. The summed E-state index contributed by atoms with van der Waals surface area (Å²) >= 11 is 0. The van der Waals surface area contributed by atoms with Crippen LogP contribution in [0, 0.1) is 0 Å². The number of aliphatic hydroxyl groups excluding tert-OH is 2. The second kappa shape index (κ2) is 52.6. The number of carbonyl (C=O) groups excluding carboxylic acids is 3. The first-order chi connectivity index (χ1) is 37.6. The van der Waals surface area contributed by atoms with Gasteiger partial charge in [-0.3, -0.25) is 14.4 Å². The van der Waals surface area contributed by atoms with Crippen molar-refractivity contribution in [3.63, 3.8) is 0 Å². The Labute approximate surface area is 467 Å². The number of aliphatic carboxylic acids is 1. The molecule has 0 radical (unpaired) electrons. The monoisotopic (exact) mass is 1080 g/mol. The van der Waals surface area contributed by atoms with Crippen molar-refractivity contribution in [2.75, 3.05) is 13.2 Å². The molecule has 0 aliphatic carbocycles. The van der Waals surface area contributed by atoms with Gasteiger partial charge in [-0.2, -0.15) is 0 Å². The topological polar surface area (TPSA) is 175 Å². The fourth-order valence-electron chi connectivity index (χ4n) is 8.84. The Morgan fingerprint density at radius 1 is 0.442 bits per heavy atom. The van der Waals surface area contributed by atoms with Crippen LogP contribution < -0.4 is 0 Å². The molecule has 0 aromatic rings. The van der Waals surface area contributed by atoms with Crippen LogP contribution >= 0.6 is 0 Å². The predicted molar refractivity (Wildman–Crippen MR) is 312 cm³/mol. The lowest BCUT2D eigenvalue weighted by Gasteiger charge is -2.40. The third-order valence-electron chi connectivity index (χ3n) is 13.5. The van der Waals surface area contributed by atoms with Gasteiger partial charge in [0.1, 0.15) is 18.8 Å². The second-order valence-corrected chi connectivity index (χ2v) is 20.6. The molecule has 1 fully saturated rings. The maximum atomic E-state index is 13.1. The van der Waals surface area contributed by atoms with Gasteiger partial charge in [-0.05, 0) is 89.9 Å². The number of carbonyl (C=O) groups is 4. The number of ether oxygens (including phenoxy) is 5. The van der Waals surface area contributed by atoms with Gasteiger partial charge >= 0.3 is 23.9 Å². The Hall–Kier alpha value is -4.10. The van der Waals surface area contributed by atoms with E-state index in [2.05, 4.69) is 106 Å². The van der Waals surface area contributed by atoms with E-state index in [1.807, 2.05) is 0 Å². The van der Waals surface area contributed by atoms with E-state index in [4.69, 9.17) is 23.7 Å². The van der Waals surface area contributed by atoms with Crippen molar-refractivity contribution in [1.82, 2.24) is 0 Å². The van der Waals surface area contributed by atoms with Crippen LogP contribution in [0.15, 0.2) is 85.1 Å². The van der Waals surface area contributed by atoms with Crippen LogP contribution in [0.1, 0.15) is 252 Å². The summed E-state index contributed by atoms with van der Waals surface area (Å²) in [5, 5.41) is 31.5. The Morgan fingerprint density at radius 2 is 0.818 bits per heavy atom. The molecule has 0 aromatic heterocycles. The number of rotatable bonds is 51. The zero-order chi connectivity index (χ0) is 56.1. The van der Waals surface area contributed by atoms with E-state index in [9.17, 15) is 34.5 Å². The van der Waals surface area contributed by atoms with Crippen LogP contribution in [0.3, 0.4) is 0 Å². The molecule has 1 aliphatic heterocycles. The molecule has 0 aromatic carbocycles. The average molecular weight is 1080 g/mol. The van der Waals surface area contributed by atoms with E-state index in [0.717, 1.165) is 109 Å². The summed E-state index contributed by atoms with van der Waals surface area (Å²) < 4.78 is 28.4. The molecule has 1 rings (SSSR count). The summed E-state index contributed by atoms with van der Waals surface area (Å²) in [5.74, 6) is -3.19. The number of carboxylic acid groups (broad SMARTS) is 1. The summed E-state index contributed by atoms with van der Waals surface area (Å²) in [4.78, 5) is 51.2. The minimum Gasteiger partial charge on any atom is -0.479 e. The van der Waals surface area contributed by atoms with Crippen LogP contribution in [-0.2, 0) is 42.9 Å². The highest BCUT2D eigenvalue weighted by Gasteiger charge is 2.50. The average Bonchev–Trinajstić information content (AvgIpc) is 3.42. The molecular formula is C65H108O12. The van der Waals surface area contributed by atoms with Crippen LogP contribution in [0.5, 0.6) is 0 Å². The molecule has 12 heteroatoms. The SMILES string of the molecule is CC/C=C\C/C=C\C/C=C\C/C=C\CCCCCCC(=O)OC1C(OCC(COC(=O)CCCCCCCCCCCCCCCCCCC)OC(=O)CCCCC/C=C\C/C=C\C/C=C\CC)OC(C(=O)O)C(O)C1O.